The maximum Gasteiger partial charge on any atom is 0.244 e. The second kappa shape index (κ2) is 5.77. The Morgan fingerprint density at radius 1 is 1.40 bits per heavy atom. The van der Waals surface area contributed by atoms with Crippen molar-refractivity contribution >= 4 is 34.1 Å². The van der Waals surface area contributed by atoms with Gasteiger partial charge in [-0.15, -0.1) is 0 Å². The van der Waals surface area contributed by atoms with Crippen LogP contribution in [0.25, 0.3) is 10.9 Å². The molecule has 5 heteroatoms. The number of carbonyl (C=O) groups is 1. The molecular formula is C15H18ClN3O. The van der Waals surface area contributed by atoms with Crippen LogP contribution in [-0.2, 0) is 4.79 Å². The highest BCUT2D eigenvalue weighted by Gasteiger charge is 2.30. The lowest BCUT2D eigenvalue weighted by Crippen LogP contribution is -2.50. The lowest BCUT2D eigenvalue weighted by molar-refractivity contribution is -0.121. The number of fused-ring (bicyclic) bond motifs is 1. The van der Waals surface area contributed by atoms with Crippen molar-refractivity contribution in [2.24, 2.45) is 5.73 Å². The Balaban J connectivity index is 2.41. The van der Waals surface area contributed by atoms with Gasteiger partial charge in [0.25, 0.3) is 0 Å². The van der Waals surface area contributed by atoms with Gasteiger partial charge < -0.3 is 11.1 Å². The summed E-state index contributed by atoms with van der Waals surface area (Å²) in [6, 6.07) is 7.24. The van der Waals surface area contributed by atoms with Gasteiger partial charge in [-0.25, -0.2) is 0 Å². The maximum atomic E-state index is 12.3. The predicted octanol–water partition coefficient (Wildman–Crippen LogP) is 3.34. The van der Waals surface area contributed by atoms with Gasteiger partial charge in [-0.2, -0.15) is 0 Å². The summed E-state index contributed by atoms with van der Waals surface area (Å²) in [6.07, 6.45) is 2.82. The molecule has 20 heavy (non-hydrogen) atoms. The van der Waals surface area contributed by atoms with Crippen molar-refractivity contribution in [1.29, 1.82) is 0 Å². The number of rotatable bonds is 4. The number of hydrogen-bond donors (Lipinski definition) is 2. The highest BCUT2D eigenvalue weighted by molar-refractivity contribution is 6.32. The summed E-state index contributed by atoms with van der Waals surface area (Å²) in [5.74, 6) is -0.211. The van der Waals surface area contributed by atoms with Crippen LogP contribution in [0.3, 0.4) is 0 Å². The number of carbonyl (C=O) groups excluding carboxylic acids is 1. The van der Waals surface area contributed by atoms with Crippen molar-refractivity contribution in [3.63, 3.8) is 0 Å². The maximum absolute atomic E-state index is 12.3. The first-order valence-corrected chi connectivity index (χ1v) is 7.02. The van der Waals surface area contributed by atoms with Crippen LogP contribution in [0.5, 0.6) is 0 Å². The van der Waals surface area contributed by atoms with Gasteiger partial charge in [0.2, 0.25) is 5.91 Å². The average molecular weight is 292 g/mol. The summed E-state index contributed by atoms with van der Waals surface area (Å²) in [5.41, 5.74) is 6.53. The molecule has 1 heterocycles. The minimum Gasteiger partial charge on any atom is -0.323 e. The molecule has 0 saturated heterocycles. The standard InChI is InChI=1S/C15H18ClN3O/c1-3-15(17,4-2)14(20)19-12-9-11(16)8-10-6-5-7-18-13(10)12/h5-9H,3-4,17H2,1-2H3,(H,19,20). The van der Waals surface area contributed by atoms with E-state index in [-0.39, 0.29) is 5.91 Å². The fraction of sp³-hybridized carbons (Fsp3) is 0.333. The number of nitrogens with one attached hydrogen (secondary N) is 1. The van der Waals surface area contributed by atoms with Crippen LogP contribution in [-0.4, -0.2) is 16.4 Å². The minimum atomic E-state index is -0.872. The van der Waals surface area contributed by atoms with Gasteiger partial charge in [-0.1, -0.05) is 31.5 Å². The van der Waals surface area contributed by atoms with Crippen molar-refractivity contribution < 1.29 is 4.79 Å². The predicted molar refractivity (Wildman–Crippen MR) is 82.9 cm³/mol. The van der Waals surface area contributed by atoms with Crippen LogP contribution in [0.1, 0.15) is 26.7 Å². The van der Waals surface area contributed by atoms with E-state index >= 15 is 0 Å². The summed E-state index contributed by atoms with van der Waals surface area (Å²) in [5, 5.41) is 4.29. The number of anilines is 1. The zero-order valence-corrected chi connectivity index (χ0v) is 12.4. The number of hydrogen-bond acceptors (Lipinski definition) is 3. The van der Waals surface area contributed by atoms with E-state index in [1.165, 1.54) is 0 Å². The van der Waals surface area contributed by atoms with Crippen molar-refractivity contribution in [2.75, 3.05) is 5.32 Å². The van der Waals surface area contributed by atoms with E-state index in [2.05, 4.69) is 10.3 Å². The van der Waals surface area contributed by atoms with Crippen molar-refractivity contribution in [2.45, 2.75) is 32.2 Å². The molecule has 1 aromatic carbocycles. The summed E-state index contributed by atoms with van der Waals surface area (Å²) in [4.78, 5) is 16.6. The SMILES string of the molecule is CCC(N)(CC)C(=O)Nc1cc(Cl)cc2cccnc12. The molecule has 0 aliphatic heterocycles. The van der Waals surface area contributed by atoms with E-state index in [4.69, 9.17) is 17.3 Å². The lowest BCUT2D eigenvalue weighted by atomic mass is 9.93. The Bertz CT molecular complexity index is 638. The third kappa shape index (κ3) is 2.76. The Morgan fingerprint density at radius 2 is 2.10 bits per heavy atom. The molecule has 1 amide bonds. The van der Waals surface area contributed by atoms with Gasteiger partial charge in [0, 0.05) is 16.6 Å². The quantitative estimate of drug-likeness (QED) is 0.908. The van der Waals surface area contributed by atoms with Crippen molar-refractivity contribution in [3.05, 3.63) is 35.5 Å². The van der Waals surface area contributed by atoms with Crippen molar-refractivity contribution in [1.82, 2.24) is 4.98 Å². The molecule has 0 aliphatic rings. The molecule has 2 aromatic rings. The topological polar surface area (TPSA) is 68.0 Å². The number of nitrogens with two attached hydrogens (primary N) is 1. The van der Waals surface area contributed by atoms with Crippen LogP contribution in [0.4, 0.5) is 5.69 Å². The molecule has 0 radical (unpaired) electrons. The first-order chi connectivity index (χ1) is 9.50. The number of benzene rings is 1. The number of aromatic nitrogens is 1. The highest BCUT2D eigenvalue weighted by atomic mass is 35.5. The first kappa shape index (κ1) is 14.8. The molecule has 0 fully saturated rings. The van der Waals surface area contributed by atoms with Crippen LogP contribution in [0.15, 0.2) is 30.5 Å². The van der Waals surface area contributed by atoms with Gasteiger partial charge in [0.05, 0.1) is 16.7 Å². The first-order valence-electron chi connectivity index (χ1n) is 6.64. The summed E-state index contributed by atoms with van der Waals surface area (Å²) in [7, 11) is 0. The molecule has 0 saturated carbocycles. The van der Waals surface area contributed by atoms with Crippen LogP contribution >= 0.6 is 11.6 Å². The fourth-order valence-corrected chi connectivity index (χ4v) is 2.30. The largest absolute Gasteiger partial charge is 0.323 e. The zero-order valence-electron chi connectivity index (χ0n) is 11.6. The number of amides is 1. The van der Waals surface area contributed by atoms with Gasteiger partial charge in [-0.05, 0) is 31.0 Å². The minimum absolute atomic E-state index is 0.211. The average Bonchev–Trinajstić information content (AvgIpc) is 2.46. The molecule has 0 unspecified atom stereocenters. The highest BCUT2D eigenvalue weighted by Crippen LogP contribution is 2.27. The molecule has 1 aromatic heterocycles. The van der Waals surface area contributed by atoms with Crippen LogP contribution in [0.2, 0.25) is 5.02 Å². The van der Waals surface area contributed by atoms with E-state index in [0.29, 0.717) is 29.1 Å². The second-order valence-electron chi connectivity index (χ2n) is 4.85. The lowest BCUT2D eigenvalue weighted by Gasteiger charge is -2.25. The van der Waals surface area contributed by atoms with Gasteiger partial charge in [-0.3, -0.25) is 9.78 Å². The molecule has 106 valence electrons. The van der Waals surface area contributed by atoms with Crippen molar-refractivity contribution in [3.8, 4) is 0 Å². The molecule has 0 spiro atoms. The number of pyridine rings is 1. The Kier molecular flexibility index (Phi) is 4.26. The molecule has 0 atom stereocenters. The Hall–Kier alpha value is -1.65. The number of halogens is 1. The van der Waals surface area contributed by atoms with E-state index in [9.17, 15) is 4.79 Å². The number of nitrogens with zero attached hydrogens (tertiary/aromatic N) is 1. The molecule has 2 rings (SSSR count). The summed E-state index contributed by atoms with van der Waals surface area (Å²) < 4.78 is 0. The fourth-order valence-electron chi connectivity index (χ4n) is 2.07. The molecule has 0 bridgehead atoms. The molecule has 0 aliphatic carbocycles. The van der Waals surface area contributed by atoms with Crippen LogP contribution < -0.4 is 11.1 Å². The Labute approximate surface area is 123 Å². The van der Waals surface area contributed by atoms with Gasteiger partial charge in [0.1, 0.15) is 0 Å². The third-order valence-electron chi connectivity index (χ3n) is 3.63. The third-order valence-corrected chi connectivity index (χ3v) is 3.85. The summed E-state index contributed by atoms with van der Waals surface area (Å²) >= 11 is 6.08. The smallest absolute Gasteiger partial charge is 0.244 e. The van der Waals surface area contributed by atoms with E-state index < -0.39 is 5.54 Å². The zero-order chi connectivity index (χ0) is 14.8. The van der Waals surface area contributed by atoms with E-state index in [1.807, 2.05) is 32.0 Å². The molecule has 4 nitrogen and oxygen atoms in total. The van der Waals surface area contributed by atoms with Gasteiger partial charge in [0.15, 0.2) is 0 Å². The molecular weight excluding hydrogens is 274 g/mol. The normalized spacial score (nSPS) is 11.6. The van der Waals surface area contributed by atoms with Crippen LogP contribution in [0, 0.1) is 0 Å². The monoisotopic (exact) mass is 291 g/mol. The summed E-state index contributed by atoms with van der Waals surface area (Å²) in [6.45, 7) is 3.80. The second-order valence-corrected chi connectivity index (χ2v) is 5.28. The van der Waals surface area contributed by atoms with E-state index in [0.717, 1.165) is 5.39 Å². The molecule has 3 N–H and O–H groups in total. The Morgan fingerprint density at radius 3 is 2.75 bits per heavy atom. The van der Waals surface area contributed by atoms with Gasteiger partial charge >= 0.3 is 0 Å². The van der Waals surface area contributed by atoms with E-state index in [1.54, 1.807) is 12.3 Å².